The monoisotopic (exact) mass is 669 g/mol. The Bertz CT molecular complexity index is 1850. The van der Waals surface area contributed by atoms with E-state index in [4.69, 9.17) is 20.8 Å². The summed E-state index contributed by atoms with van der Waals surface area (Å²) < 4.78 is 11.5. The third-order valence-electron chi connectivity index (χ3n) is 9.19. The summed E-state index contributed by atoms with van der Waals surface area (Å²) in [5.41, 5.74) is 3.10. The molecule has 0 saturated carbocycles. The Labute approximate surface area is 284 Å². The molecule has 3 amide bonds. The van der Waals surface area contributed by atoms with Gasteiger partial charge in [0.05, 0.1) is 12.0 Å². The van der Waals surface area contributed by atoms with Crippen molar-refractivity contribution in [3.8, 4) is 5.75 Å². The average molecular weight is 670 g/mol. The van der Waals surface area contributed by atoms with Gasteiger partial charge < -0.3 is 24.3 Å². The largest absolute Gasteiger partial charge is 0.494 e. The highest BCUT2D eigenvalue weighted by atomic mass is 35.5. The van der Waals surface area contributed by atoms with Crippen LogP contribution in [0, 0.1) is 0 Å². The highest BCUT2D eigenvalue weighted by Gasteiger charge is 2.32. The fourth-order valence-corrected chi connectivity index (χ4v) is 6.75. The average Bonchev–Trinajstić information content (AvgIpc) is 3.51. The topological polar surface area (TPSA) is 109 Å². The lowest BCUT2D eigenvalue weighted by molar-refractivity contribution is -0.134. The minimum absolute atomic E-state index is 0.171. The van der Waals surface area contributed by atoms with Crippen LogP contribution < -0.4 is 15.5 Å². The molecule has 3 heterocycles. The zero-order valence-electron chi connectivity index (χ0n) is 27.1. The molecule has 1 atom stereocenters. The molecule has 2 fully saturated rings. The number of amides is 3. The molecule has 0 unspecified atom stereocenters. The minimum atomic E-state index is -0.894. The van der Waals surface area contributed by atoms with Crippen molar-refractivity contribution in [1.82, 2.24) is 15.1 Å². The van der Waals surface area contributed by atoms with Crippen LogP contribution in [0.25, 0.3) is 11.0 Å². The molecule has 6 rings (SSSR count). The number of nitrogens with one attached hydrogen (secondary N) is 1. The van der Waals surface area contributed by atoms with Gasteiger partial charge in [0.1, 0.15) is 17.4 Å². The number of carbonyl (C=O) groups excluding carboxylic acids is 3. The van der Waals surface area contributed by atoms with E-state index < -0.39 is 11.9 Å². The zero-order valence-corrected chi connectivity index (χ0v) is 27.8. The van der Waals surface area contributed by atoms with Crippen LogP contribution in [0.5, 0.6) is 5.75 Å². The van der Waals surface area contributed by atoms with Gasteiger partial charge in [-0.2, -0.15) is 0 Å². The fourth-order valence-electron chi connectivity index (χ4n) is 6.63. The van der Waals surface area contributed by atoms with E-state index in [2.05, 4.69) is 17.4 Å². The highest BCUT2D eigenvalue weighted by Crippen LogP contribution is 2.32. The number of piperidine rings is 1. The van der Waals surface area contributed by atoms with Crippen molar-refractivity contribution in [1.29, 1.82) is 0 Å². The summed E-state index contributed by atoms with van der Waals surface area (Å²) >= 11 is 6.11. The van der Waals surface area contributed by atoms with Gasteiger partial charge in [-0.05, 0) is 78.6 Å². The van der Waals surface area contributed by atoms with Crippen molar-refractivity contribution in [2.45, 2.75) is 64.0 Å². The number of benzene rings is 3. The SMILES string of the molecule is CCCOc1ccc2oc(C(=O)N[C@@H](Cc3ccc(Cl)cc3)C(=O)N3CCC(c4ccccc4CN4CCCC4=O)CC3)cc(=O)c2c1. The maximum Gasteiger partial charge on any atom is 0.287 e. The first kappa shape index (κ1) is 33.3. The molecule has 0 radical (unpaired) electrons. The van der Waals surface area contributed by atoms with E-state index in [-0.39, 0.29) is 40.9 Å². The second-order valence-corrected chi connectivity index (χ2v) is 13.0. The normalized spacial score (nSPS) is 15.9. The molecule has 4 aromatic rings. The number of carbonyl (C=O) groups is 3. The lowest BCUT2D eigenvalue weighted by atomic mass is 9.86. The summed E-state index contributed by atoms with van der Waals surface area (Å²) in [6.45, 7) is 4.98. The van der Waals surface area contributed by atoms with Crippen molar-refractivity contribution >= 4 is 40.3 Å². The minimum Gasteiger partial charge on any atom is -0.494 e. The van der Waals surface area contributed by atoms with Gasteiger partial charge in [-0.1, -0.05) is 54.9 Å². The maximum atomic E-state index is 14.1. The third-order valence-corrected chi connectivity index (χ3v) is 9.44. The van der Waals surface area contributed by atoms with Crippen molar-refractivity contribution in [3.05, 3.63) is 110 Å². The fraction of sp³-hybridized carbons (Fsp3) is 0.368. The first-order valence-corrected chi connectivity index (χ1v) is 17.1. The molecule has 1 N–H and O–H groups in total. The Kier molecular flexibility index (Phi) is 10.4. The van der Waals surface area contributed by atoms with E-state index in [9.17, 15) is 19.2 Å². The van der Waals surface area contributed by atoms with Gasteiger partial charge in [0.25, 0.3) is 5.91 Å². The number of ether oxygens (including phenoxy) is 1. The molecule has 2 aliphatic heterocycles. The van der Waals surface area contributed by atoms with Crippen LogP contribution in [0.3, 0.4) is 0 Å². The van der Waals surface area contributed by atoms with E-state index in [1.54, 1.807) is 35.2 Å². The van der Waals surface area contributed by atoms with Gasteiger partial charge in [0.2, 0.25) is 11.8 Å². The van der Waals surface area contributed by atoms with Gasteiger partial charge in [-0.3, -0.25) is 19.2 Å². The number of halogens is 1. The Morgan fingerprint density at radius 2 is 1.77 bits per heavy atom. The number of hydrogen-bond donors (Lipinski definition) is 1. The molecule has 0 bridgehead atoms. The van der Waals surface area contributed by atoms with Gasteiger partial charge in [0, 0.05) is 50.1 Å². The van der Waals surface area contributed by atoms with Crippen LogP contribution in [-0.2, 0) is 22.6 Å². The second kappa shape index (κ2) is 15.1. The predicted molar refractivity (Wildman–Crippen MR) is 184 cm³/mol. The van der Waals surface area contributed by atoms with Crippen molar-refractivity contribution in [3.63, 3.8) is 0 Å². The molecule has 0 spiro atoms. The van der Waals surface area contributed by atoms with Gasteiger partial charge in [0.15, 0.2) is 11.2 Å². The van der Waals surface area contributed by atoms with Gasteiger partial charge >= 0.3 is 0 Å². The molecule has 0 aliphatic carbocycles. The smallest absolute Gasteiger partial charge is 0.287 e. The molecule has 1 aromatic heterocycles. The first-order chi connectivity index (χ1) is 23.3. The van der Waals surface area contributed by atoms with E-state index >= 15 is 0 Å². The highest BCUT2D eigenvalue weighted by molar-refractivity contribution is 6.30. The van der Waals surface area contributed by atoms with Crippen LogP contribution in [0.4, 0.5) is 0 Å². The molecular weight excluding hydrogens is 630 g/mol. The summed E-state index contributed by atoms with van der Waals surface area (Å²) in [4.78, 5) is 56.6. The van der Waals surface area contributed by atoms with Gasteiger partial charge in [-0.25, -0.2) is 0 Å². The Balaban J connectivity index is 1.17. The molecule has 3 aromatic carbocycles. The van der Waals surface area contributed by atoms with Crippen LogP contribution >= 0.6 is 11.6 Å². The summed E-state index contributed by atoms with van der Waals surface area (Å²) in [7, 11) is 0. The van der Waals surface area contributed by atoms with Crippen molar-refractivity contribution in [2.75, 3.05) is 26.2 Å². The van der Waals surface area contributed by atoms with E-state index in [1.807, 2.05) is 36.1 Å². The Hall–Kier alpha value is -4.63. The first-order valence-electron chi connectivity index (χ1n) is 16.7. The van der Waals surface area contributed by atoms with E-state index in [1.165, 1.54) is 5.56 Å². The number of nitrogens with zero attached hydrogens (tertiary/aromatic N) is 2. The molecule has 2 aliphatic rings. The molecule has 10 heteroatoms. The second-order valence-electron chi connectivity index (χ2n) is 12.6. The van der Waals surface area contributed by atoms with Gasteiger partial charge in [-0.15, -0.1) is 0 Å². The van der Waals surface area contributed by atoms with Crippen molar-refractivity contribution in [2.24, 2.45) is 0 Å². The number of hydrogen-bond acceptors (Lipinski definition) is 6. The molecule has 2 saturated heterocycles. The Morgan fingerprint density at radius 3 is 2.50 bits per heavy atom. The zero-order chi connectivity index (χ0) is 33.6. The molecule has 9 nitrogen and oxygen atoms in total. The van der Waals surface area contributed by atoms with Crippen LogP contribution in [0.2, 0.25) is 5.02 Å². The van der Waals surface area contributed by atoms with E-state index in [0.29, 0.717) is 48.8 Å². The number of likely N-dealkylation sites (tertiary alicyclic amines) is 2. The Morgan fingerprint density at radius 1 is 1.00 bits per heavy atom. The lowest BCUT2D eigenvalue weighted by Crippen LogP contribution is -2.51. The molecular formula is C38H40ClN3O6. The summed E-state index contributed by atoms with van der Waals surface area (Å²) in [5.74, 6) is -0.00608. The van der Waals surface area contributed by atoms with E-state index in [0.717, 1.165) is 49.4 Å². The maximum absolute atomic E-state index is 14.1. The lowest BCUT2D eigenvalue weighted by Gasteiger charge is -2.35. The summed E-state index contributed by atoms with van der Waals surface area (Å²) in [6.07, 6.45) is 4.11. The predicted octanol–water partition coefficient (Wildman–Crippen LogP) is 6.10. The molecule has 250 valence electrons. The quantitative estimate of drug-likeness (QED) is 0.207. The van der Waals surface area contributed by atoms with Crippen LogP contribution in [0.15, 0.2) is 82.0 Å². The van der Waals surface area contributed by atoms with Crippen molar-refractivity contribution < 1.29 is 23.5 Å². The standard InChI is InChI=1S/C38H40ClN3O6/c1-2-20-47-29-13-14-34-31(22-29)33(43)23-35(48-34)37(45)40-32(21-25-9-11-28(39)12-10-25)38(46)41-18-15-26(16-19-41)30-7-4-3-6-27(30)24-42-17-5-8-36(42)44/h3-4,6-7,9-14,22-23,26,32H,2,5,8,15-21,24H2,1H3,(H,40,45)/t32-/m0/s1. The third kappa shape index (κ3) is 7.73. The number of fused-ring (bicyclic) bond motifs is 1. The summed E-state index contributed by atoms with van der Waals surface area (Å²) in [6, 6.07) is 20.6. The van der Waals surface area contributed by atoms with Crippen LogP contribution in [-0.4, -0.2) is 59.8 Å². The van der Waals surface area contributed by atoms with Crippen LogP contribution in [0.1, 0.15) is 72.2 Å². The molecule has 48 heavy (non-hydrogen) atoms. The summed E-state index contributed by atoms with van der Waals surface area (Å²) in [5, 5.41) is 3.75. The number of rotatable bonds is 11.